The van der Waals surface area contributed by atoms with Crippen molar-refractivity contribution in [3.05, 3.63) is 211 Å². The minimum atomic E-state index is -0.147. The Balaban J connectivity index is 1.03. The van der Waals surface area contributed by atoms with Gasteiger partial charge in [0, 0.05) is 55.5 Å². The van der Waals surface area contributed by atoms with Crippen molar-refractivity contribution in [2.24, 2.45) is 0 Å². The first-order valence-corrected chi connectivity index (χ1v) is 20.7. The number of para-hydroxylation sites is 3. The van der Waals surface area contributed by atoms with Crippen LogP contribution in [-0.2, 0) is 5.41 Å². The van der Waals surface area contributed by atoms with Crippen LogP contribution in [0.1, 0.15) is 25.0 Å². The monoisotopic (exact) mass is 769 g/mol. The predicted molar refractivity (Wildman–Crippen MR) is 248 cm³/mol. The van der Waals surface area contributed by atoms with Crippen LogP contribution >= 0.6 is 0 Å². The van der Waals surface area contributed by atoms with Gasteiger partial charge in [-0.2, -0.15) is 0 Å². The zero-order chi connectivity index (χ0) is 40.0. The summed E-state index contributed by atoms with van der Waals surface area (Å²) in [4.78, 5) is 2.39. The van der Waals surface area contributed by atoms with E-state index in [-0.39, 0.29) is 5.41 Å². The number of rotatable bonds is 5. The molecule has 2 aliphatic rings. The Hall–Kier alpha value is -7.62. The van der Waals surface area contributed by atoms with E-state index in [0.29, 0.717) is 0 Å². The van der Waals surface area contributed by atoms with Crippen LogP contribution in [0, 0.1) is 0 Å². The van der Waals surface area contributed by atoms with Crippen LogP contribution < -0.4 is 9.64 Å². The molecule has 0 saturated carbocycles. The summed E-state index contributed by atoms with van der Waals surface area (Å²) in [7, 11) is 0. The molecule has 0 unspecified atom stereocenters. The van der Waals surface area contributed by atoms with Crippen LogP contribution in [0.3, 0.4) is 0 Å². The number of hydrogen-bond acceptors (Lipinski definition) is 3. The van der Waals surface area contributed by atoms with Crippen LogP contribution in [-0.4, -0.2) is 0 Å². The number of ether oxygens (including phenoxy) is 1. The van der Waals surface area contributed by atoms with Gasteiger partial charge in [0.15, 0.2) is 0 Å². The third-order valence-electron chi connectivity index (χ3n) is 12.7. The fraction of sp³-hybridized carbons (Fsp3) is 0.0526. The van der Waals surface area contributed by atoms with Gasteiger partial charge in [0.25, 0.3) is 0 Å². The van der Waals surface area contributed by atoms with Gasteiger partial charge in [-0.3, -0.25) is 0 Å². The molecule has 60 heavy (non-hydrogen) atoms. The fourth-order valence-electron chi connectivity index (χ4n) is 9.77. The van der Waals surface area contributed by atoms with E-state index < -0.39 is 0 Å². The molecule has 0 fully saturated rings. The summed E-state index contributed by atoms with van der Waals surface area (Å²) in [6.07, 6.45) is 0. The summed E-state index contributed by atoms with van der Waals surface area (Å²) < 4.78 is 13.5. The Labute approximate surface area is 349 Å². The molecule has 1 aliphatic carbocycles. The highest BCUT2D eigenvalue weighted by molar-refractivity contribution is 6.09. The molecule has 1 aromatic heterocycles. The number of benzene rings is 9. The SMILES string of the molecule is CC1(C)c2ccccc2-c2ccc(N(c3ccc(-c4cccc5c4oc4ccccc45)cc3)c3ccc4c(c3)-c3ccccc3-c3cccc(-c5ccccc5)c3O4)cc21. The van der Waals surface area contributed by atoms with E-state index in [0.717, 1.165) is 95.0 Å². The van der Waals surface area contributed by atoms with Crippen LogP contribution in [0.4, 0.5) is 17.1 Å². The van der Waals surface area contributed by atoms with Crippen molar-refractivity contribution in [2.75, 3.05) is 4.90 Å². The molecule has 0 spiro atoms. The molecule has 284 valence electrons. The summed E-state index contributed by atoms with van der Waals surface area (Å²) in [6, 6.07) is 71.8. The van der Waals surface area contributed by atoms with Crippen molar-refractivity contribution in [3.8, 4) is 67.1 Å². The van der Waals surface area contributed by atoms with Crippen LogP contribution in [0.2, 0.25) is 0 Å². The summed E-state index contributed by atoms with van der Waals surface area (Å²) in [5, 5.41) is 2.26. The molecule has 3 nitrogen and oxygen atoms in total. The Kier molecular flexibility index (Phi) is 7.58. The molecule has 10 aromatic rings. The maximum absolute atomic E-state index is 7.03. The van der Waals surface area contributed by atoms with Gasteiger partial charge in [-0.15, -0.1) is 0 Å². The number of anilines is 3. The summed E-state index contributed by atoms with van der Waals surface area (Å²) >= 11 is 0. The van der Waals surface area contributed by atoms with Gasteiger partial charge >= 0.3 is 0 Å². The Morgan fingerprint density at radius 3 is 1.82 bits per heavy atom. The average Bonchev–Trinajstić information content (AvgIpc) is 3.74. The van der Waals surface area contributed by atoms with E-state index in [1.807, 2.05) is 12.1 Å². The van der Waals surface area contributed by atoms with Gasteiger partial charge in [0.05, 0.1) is 0 Å². The van der Waals surface area contributed by atoms with Crippen molar-refractivity contribution >= 4 is 39.0 Å². The lowest BCUT2D eigenvalue weighted by atomic mass is 9.82. The number of nitrogens with zero attached hydrogens (tertiary/aromatic N) is 1. The number of fused-ring (bicyclic) bond motifs is 11. The Morgan fingerprint density at radius 1 is 0.383 bits per heavy atom. The Morgan fingerprint density at radius 2 is 0.967 bits per heavy atom. The predicted octanol–water partition coefficient (Wildman–Crippen LogP) is 16.1. The van der Waals surface area contributed by atoms with Crippen molar-refractivity contribution in [3.63, 3.8) is 0 Å². The third-order valence-corrected chi connectivity index (χ3v) is 12.7. The molecule has 0 radical (unpaired) electrons. The number of furan rings is 1. The lowest BCUT2D eigenvalue weighted by Crippen LogP contribution is -2.16. The maximum Gasteiger partial charge on any atom is 0.143 e. The van der Waals surface area contributed by atoms with E-state index in [2.05, 4.69) is 207 Å². The normalized spacial score (nSPS) is 13.1. The first-order chi connectivity index (χ1) is 29.5. The minimum absolute atomic E-state index is 0.147. The van der Waals surface area contributed by atoms with E-state index in [1.165, 1.54) is 22.3 Å². The van der Waals surface area contributed by atoms with Gasteiger partial charge in [0.2, 0.25) is 0 Å². The second-order valence-corrected chi connectivity index (χ2v) is 16.4. The van der Waals surface area contributed by atoms with E-state index in [9.17, 15) is 0 Å². The third kappa shape index (κ3) is 5.22. The van der Waals surface area contributed by atoms with Crippen LogP contribution in [0.15, 0.2) is 205 Å². The molecular weight excluding hydrogens is 731 g/mol. The average molecular weight is 770 g/mol. The van der Waals surface area contributed by atoms with Crippen molar-refractivity contribution in [1.29, 1.82) is 0 Å². The molecule has 1 aliphatic heterocycles. The second-order valence-electron chi connectivity index (χ2n) is 16.4. The summed E-state index contributed by atoms with van der Waals surface area (Å²) in [6.45, 7) is 4.69. The molecular formula is C57H39NO2. The Bertz CT molecular complexity index is 3320. The van der Waals surface area contributed by atoms with Crippen molar-refractivity contribution in [1.82, 2.24) is 0 Å². The van der Waals surface area contributed by atoms with Crippen LogP contribution in [0.25, 0.3) is 77.6 Å². The molecule has 3 heteroatoms. The standard InChI is InChI=1S/C57H39NO2/c1-57(2)51-24-10-8-18-45(51)46-32-30-40(35-52(46)57)58(38-28-26-37(27-29-38)42-21-13-23-49-47-19-9-11-25-53(47)59-56(42)49)39-31-33-54-50(34-39)44-17-7-6-16-43(44)48-22-12-20-41(55(48)60-54)36-14-4-3-5-15-36/h3-35H,1-2H3. The first kappa shape index (κ1) is 34.4. The van der Waals surface area contributed by atoms with Gasteiger partial charge in [0.1, 0.15) is 22.7 Å². The summed E-state index contributed by atoms with van der Waals surface area (Å²) in [5.41, 5.74) is 18.9. The van der Waals surface area contributed by atoms with E-state index in [1.54, 1.807) is 0 Å². The molecule has 0 saturated heterocycles. The highest BCUT2D eigenvalue weighted by atomic mass is 16.5. The van der Waals surface area contributed by atoms with Gasteiger partial charge in [-0.05, 0) is 93.0 Å². The summed E-state index contributed by atoms with van der Waals surface area (Å²) in [5.74, 6) is 1.70. The second kappa shape index (κ2) is 13.2. The van der Waals surface area contributed by atoms with Gasteiger partial charge in [-0.1, -0.05) is 166 Å². The maximum atomic E-state index is 7.03. The van der Waals surface area contributed by atoms with Crippen molar-refractivity contribution < 1.29 is 9.15 Å². The molecule has 0 amide bonds. The van der Waals surface area contributed by atoms with E-state index in [4.69, 9.17) is 9.15 Å². The molecule has 0 N–H and O–H groups in total. The molecule has 2 heterocycles. The van der Waals surface area contributed by atoms with Crippen LogP contribution in [0.5, 0.6) is 11.5 Å². The largest absolute Gasteiger partial charge is 0.455 e. The van der Waals surface area contributed by atoms with Gasteiger partial charge < -0.3 is 14.1 Å². The lowest BCUT2D eigenvalue weighted by Gasteiger charge is -2.29. The van der Waals surface area contributed by atoms with Gasteiger partial charge in [-0.25, -0.2) is 0 Å². The van der Waals surface area contributed by atoms with E-state index >= 15 is 0 Å². The fourth-order valence-corrected chi connectivity index (χ4v) is 9.77. The first-order valence-electron chi connectivity index (χ1n) is 20.7. The molecule has 12 rings (SSSR count). The highest BCUT2D eigenvalue weighted by Crippen LogP contribution is 2.53. The lowest BCUT2D eigenvalue weighted by molar-refractivity contribution is 0.489. The zero-order valence-corrected chi connectivity index (χ0v) is 33.3. The zero-order valence-electron chi connectivity index (χ0n) is 33.3. The molecule has 9 aromatic carbocycles. The molecule has 0 bridgehead atoms. The smallest absolute Gasteiger partial charge is 0.143 e. The number of hydrogen-bond donors (Lipinski definition) is 0. The quantitative estimate of drug-likeness (QED) is 0.174. The topological polar surface area (TPSA) is 25.6 Å². The molecule has 0 atom stereocenters. The highest BCUT2D eigenvalue weighted by Gasteiger charge is 2.36. The minimum Gasteiger partial charge on any atom is -0.455 e. The van der Waals surface area contributed by atoms with Crippen molar-refractivity contribution in [2.45, 2.75) is 19.3 Å².